The molecule has 27 heavy (non-hydrogen) atoms. The first kappa shape index (κ1) is 21.3. The molecule has 2 rings (SSSR count). The van der Waals surface area contributed by atoms with Crippen LogP contribution >= 0.6 is 0 Å². The van der Waals surface area contributed by atoms with Crippen molar-refractivity contribution >= 4 is 8.32 Å². The van der Waals surface area contributed by atoms with Crippen LogP contribution in [0.15, 0.2) is 36.7 Å². The number of hydrogen-bond donors (Lipinski definition) is 0. The van der Waals surface area contributed by atoms with E-state index < -0.39 is 8.32 Å². The fraction of sp³-hybridized carbons (Fsp3) is 0.500. The van der Waals surface area contributed by atoms with E-state index in [9.17, 15) is 0 Å². The number of nitrogens with zero attached hydrogens (tertiary/aromatic N) is 1. The summed E-state index contributed by atoms with van der Waals surface area (Å²) in [6, 6.07) is 7.92. The predicted octanol–water partition coefficient (Wildman–Crippen LogP) is 6.32. The van der Waals surface area contributed by atoms with Crippen LogP contribution in [-0.2, 0) is 0 Å². The predicted molar refractivity (Wildman–Crippen MR) is 114 cm³/mol. The molecule has 0 fully saturated rings. The lowest BCUT2D eigenvalue weighted by molar-refractivity contribution is 0.383. The summed E-state index contributed by atoms with van der Waals surface area (Å²) in [5.74, 6) is 2.27. The van der Waals surface area contributed by atoms with Gasteiger partial charge in [-0.25, -0.2) is 0 Å². The normalized spacial score (nSPS) is 12.0. The van der Waals surface area contributed by atoms with Crippen molar-refractivity contribution in [3.8, 4) is 28.4 Å². The van der Waals surface area contributed by atoms with E-state index in [1.807, 2.05) is 30.5 Å². The van der Waals surface area contributed by atoms with Crippen LogP contribution in [-0.4, -0.2) is 27.5 Å². The molecule has 4 nitrogen and oxygen atoms in total. The van der Waals surface area contributed by atoms with Gasteiger partial charge in [0.2, 0.25) is 0 Å². The Morgan fingerprint density at radius 2 is 1.48 bits per heavy atom. The minimum atomic E-state index is -2.10. The van der Waals surface area contributed by atoms with Gasteiger partial charge in [-0.3, -0.25) is 4.98 Å². The van der Waals surface area contributed by atoms with Gasteiger partial charge in [-0.2, -0.15) is 0 Å². The van der Waals surface area contributed by atoms with Crippen LogP contribution in [0.3, 0.4) is 0 Å². The molecule has 0 aliphatic rings. The zero-order valence-electron chi connectivity index (χ0n) is 17.9. The van der Waals surface area contributed by atoms with Crippen molar-refractivity contribution in [1.82, 2.24) is 4.98 Å². The van der Waals surface area contributed by atoms with Crippen molar-refractivity contribution in [2.45, 2.75) is 58.2 Å². The van der Waals surface area contributed by atoms with Crippen molar-refractivity contribution in [2.75, 3.05) is 14.2 Å². The Labute approximate surface area is 165 Å². The molecule has 0 unspecified atom stereocenters. The molecule has 2 aromatic rings. The van der Waals surface area contributed by atoms with Crippen LogP contribution in [0.25, 0.3) is 11.1 Å². The number of benzene rings is 1. The van der Waals surface area contributed by atoms with E-state index in [2.05, 4.69) is 46.5 Å². The van der Waals surface area contributed by atoms with Crippen LogP contribution < -0.4 is 13.9 Å². The Morgan fingerprint density at radius 1 is 0.852 bits per heavy atom. The maximum Gasteiger partial charge on any atom is 0.259 e. The fourth-order valence-electron chi connectivity index (χ4n) is 4.25. The third-order valence-electron chi connectivity index (χ3n) is 5.44. The highest BCUT2D eigenvalue weighted by atomic mass is 28.4. The van der Waals surface area contributed by atoms with E-state index in [-0.39, 0.29) is 0 Å². The topological polar surface area (TPSA) is 40.6 Å². The summed E-state index contributed by atoms with van der Waals surface area (Å²) in [5.41, 5.74) is 3.33. The summed E-state index contributed by atoms with van der Waals surface area (Å²) in [7, 11) is 1.26. The Morgan fingerprint density at radius 3 is 2.00 bits per heavy atom. The SMILES string of the molecule is COc1cccc(-c2cncc(O[Si](C(C)C)(C(C)C)C(C)C)c2OC)c1. The van der Waals surface area contributed by atoms with Gasteiger partial charge in [-0.15, -0.1) is 0 Å². The van der Waals surface area contributed by atoms with E-state index in [1.54, 1.807) is 20.4 Å². The van der Waals surface area contributed by atoms with Gasteiger partial charge in [0.05, 0.1) is 20.4 Å². The number of hydrogen-bond acceptors (Lipinski definition) is 4. The number of rotatable bonds is 8. The summed E-state index contributed by atoms with van der Waals surface area (Å²) < 4.78 is 18.0. The van der Waals surface area contributed by atoms with Crippen LogP contribution in [0.1, 0.15) is 41.5 Å². The molecule has 5 heteroatoms. The largest absolute Gasteiger partial charge is 0.539 e. The van der Waals surface area contributed by atoms with Crippen LogP contribution in [0, 0.1) is 0 Å². The van der Waals surface area contributed by atoms with E-state index in [0.717, 1.165) is 28.4 Å². The second-order valence-electron chi connectivity index (χ2n) is 7.87. The third kappa shape index (κ3) is 4.13. The van der Waals surface area contributed by atoms with Crippen LogP contribution in [0.2, 0.25) is 16.6 Å². The second-order valence-corrected chi connectivity index (χ2v) is 13.2. The lowest BCUT2D eigenvalue weighted by Gasteiger charge is -2.42. The van der Waals surface area contributed by atoms with Gasteiger partial charge in [0.25, 0.3) is 8.32 Å². The second kappa shape index (κ2) is 8.78. The summed E-state index contributed by atoms with van der Waals surface area (Å²) in [4.78, 5) is 4.46. The smallest absolute Gasteiger partial charge is 0.259 e. The average molecular weight is 388 g/mol. The highest BCUT2D eigenvalue weighted by Gasteiger charge is 2.47. The van der Waals surface area contributed by atoms with Gasteiger partial charge < -0.3 is 13.9 Å². The minimum Gasteiger partial charge on any atom is -0.539 e. The van der Waals surface area contributed by atoms with Crippen molar-refractivity contribution in [2.24, 2.45) is 0 Å². The number of ether oxygens (including phenoxy) is 2. The molecular formula is C22H33NO3Si. The molecule has 148 valence electrons. The molecular weight excluding hydrogens is 354 g/mol. The molecule has 0 aliphatic carbocycles. The van der Waals surface area contributed by atoms with E-state index in [1.165, 1.54) is 0 Å². The van der Waals surface area contributed by atoms with E-state index in [0.29, 0.717) is 16.6 Å². The molecule has 0 radical (unpaired) electrons. The first-order valence-corrected chi connectivity index (χ1v) is 11.8. The third-order valence-corrected chi connectivity index (χ3v) is 11.4. The summed E-state index contributed by atoms with van der Waals surface area (Å²) in [6.07, 6.45) is 3.61. The first-order valence-electron chi connectivity index (χ1n) is 9.63. The summed E-state index contributed by atoms with van der Waals surface area (Å²) >= 11 is 0. The Hall–Kier alpha value is -2.01. The molecule has 0 amide bonds. The highest BCUT2D eigenvalue weighted by Crippen LogP contribution is 2.46. The van der Waals surface area contributed by atoms with Crippen molar-refractivity contribution in [3.05, 3.63) is 36.7 Å². The number of aromatic nitrogens is 1. The van der Waals surface area contributed by atoms with Gasteiger partial charge in [-0.05, 0) is 34.3 Å². The van der Waals surface area contributed by atoms with E-state index in [4.69, 9.17) is 13.9 Å². The zero-order chi connectivity index (χ0) is 20.2. The van der Waals surface area contributed by atoms with E-state index >= 15 is 0 Å². The monoisotopic (exact) mass is 387 g/mol. The Balaban J connectivity index is 2.58. The molecule has 0 atom stereocenters. The maximum atomic E-state index is 6.85. The summed E-state index contributed by atoms with van der Waals surface area (Å²) in [5, 5.41) is 0. The minimum absolute atomic E-state index is 0.475. The fourth-order valence-corrected chi connectivity index (χ4v) is 9.49. The number of pyridine rings is 1. The molecule has 1 aromatic carbocycles. The van der Waals surface area contributed by atoms with Crippen molar-refractivity contribution in [3.63, 3.8) is 0 Å². The maximum absolute atomic E-state index is 6.85. The van der Waals surface area contributed by atoms with Gasteiger partial charge >= 0.3 is 0 Å². The molecule has 0 aliphatic heterocycles. The van der Waals surface area contributed by atoms with Gasteiger partial charge in [0, 0.05) is 11.8 Å². The standard InChI is InChI=1S/C22H33NO3Si/c1-15(2)27(16(3)4,17(5)6)26-21-14-23-13-20(22(21)25-8)18-10-9-11-19(12-18)24-7/h9-17H,1-8H3. The zero-order valence-corrected chi connectivity index (χ0v) is 18.9. The van der Waals surface area contributed by atoms with Gasteiger partial charge in [-0.1, -0.05) is 53.7 Å². The molecule has 0 spiro atoms. The Kier molecular flexibility index (Phi) is 6.93. The van der Waals surface area contributed by atoms with Gasteiger partial charge in [0.15, 0.2) is 11.5 Å². The molecule has 0 saturated heterocycles. The molecule has 0 N–H and O–H groups in total. The highest BCUT2D eigenvalue weighted by molar-refractivity contribution is 6.78. The first-order chi connectivity index (χ1) is 12.8. The Bertz CT molecular complexity index is 737. The number of methoxy groups -OCH3 is 2. The van der Waals surface area contributed by atoms with Crippen molar-refractivity contribution < 1.29 is 13.9 Å². The average Bonchev–Trinajstić information content (AvgIpc) is 2.64. The van der Waals surface area contributed by atoms with Crippen molar-refractivity contribution in [1.29, 1.82) is 0 Å². The molecule has 0 bridgehead atoms. The molecule has 1 heterocycles. The lowest BCUT2D eigenvalue weighted by atomic mass is 10.1. The summed E-state index contributed by atoms with van der Waals surface area (Å²) in [6.45, 7) is 13.7. The lowest BCUT2D eigenvalue weighted by Crippen LogP contribution is -2.50. The molecule has 1 aromatic heterocycles. The molecule has 0 saturated carbocycles. The van der Waals surface area contributed by atoms with Crippen LogP contribution in [0.4, 0.5) is 0 Å². The van der Waals surface area contributed by atoms with Crippen LogP contribution in [0.5, 0.6) is 17.2 Å². The van der Waals surface area contributed by atoms with Gasteiger partial charge in [0.1, 0.15) is 5.75 Å². The quantitative estimate of drug-likeness (QED) is 0.497.